The highest BCUT2D eigenvalue weighted by Crippen LogP contribution is 2.37. The summed E-state index contributed by atoms with van der Waals surface area (Å²) in [5.74, 6) is -0.0480. The molecule has 1 spiro atoms. The van der Waals surface area contributed by atoms with Crippen LogP contribution in [0.5, 0.6) is 0 Å². The zero-order valence-electron chi connectivity index (χ0n) is 13.5. The zero-order valence-corrected chi connectivity index (χ0v) is 13.5. The van der Waals surface area contributed by atoms with Gasteiger partial charge in [-0.3, -0.25) is 9.89 Å². The Morgan fingerprint density at radius 3 is 2.96 bits per heavy atom. The number of hydrogen-bond acceptors (Lipinski definition) is 4. The van der Waals surface area contributed by atoms with Crippen molar-refractivity contribution in [2.75, 3.05) is 19.7 Å². The Hall–Kier alpha value is -2.18. The molecule has 0 radical (unpaired) electrons. The monoisotopic (exact) mass is 327 g/mol. The first-order valence-electron chi connectivity index (χ1n) is 8.35. The molecule has 2 aromatic rings. The second-order valence-corrected chi connectivity index (χ2v) is 6.46. The third kappa shape index (κ3) is 2.83. The quantitative estimate of drug-likeness (QED) is 0.933. The number of nitrogens with zero attached hydrogens (tertiary/aromatic N) is 2. The van der Waals surface area contributed by atoms with E-state index in [-0.39, 0.29) is 17.6 Å². The van der Waals surface area contributed by atoms with Crippen LogP contribution in [0.15, 0.2) is 42.6 Å². The van der Waals surface area contributed by atoms with Crippen LogP contribution in [0, 0.1) is 0 Å². The van der Waals surface area contributed by atoms with E-state index in [0.717, 1.165) is 25.0 Å². The van der Waals surface area contributed by atoms with E-state index in [1.54, 1.807) is 12.3 Å². The van der Waals surface area contributed by atoms with Gasteiger partial charge in [0.25, 0.3) is 5.91 Å². The number of aromatic nitrogens is 2. The van der Waals surface area contributed by atoms with Crippen LogP contribution in [0.3, 0.4) is 0 Å². The average molecular weight is 327 g/mol. The lowest BCUT2D eigenvalue weighted by Crippen LogP contribution is -2.42. The van der Waals surface area contributed by atoms with Crippen molar-refractivity contribution in [1.82, 2.24) is 15.1 Å². The molecule has 1 amide bonds. The van der Waals surface area contributed by atoms with Gasteiger partial charge in [0, 0.05) is 12.8 Å². The zero-order chi connectivity index (χ0) is 16.4. The summed E-state index contributed by atoms with van der Waals surface area (Å²) in [5, 5.41) is 6.61. The Balaban J connectivity index is 1.48. The Labute approximate surface area is 140 Å². The topological polar surface area (TPSA) is 67.5 Å². The number of H-pyrrole nitrogens is 1. The van der Waals surface area contributed by atoms with Gasteiger partial charge in [0.15, 0.2) is 0 Å². The van der Waals surface area contributed by atoms with Gasteiger partial charge in [-0.15, -0.1) is 0 Å². The first-order chi connectivity index (χ1) is 11.8. The molecule has 2 saturated heterocycles. The minimum Gasteiger partial charge on any atom is -0.370 e. The number of ether oxygens (including phenoxy) is 2. The highest BCUT2D eigenvalue weighted by atomic mass is 16.6. The summed E-state index contributed by atoms with van der Waals surface area (Å²) in [6, 6.07) is 11.8. The number of hydrogen-bond donors (Lipinski definition) is 1. The molecule has 3 heterocycles. The molecule has 0 aliphatic carbocycles. The lowest BCUT2D eigenvalue weighted by atomic mass is 9.96. The smallest absolute Gasteiger partial charge is 0.272 e. The van der Waals surface area contributed by atoms with Gasteiger partial charge in [-0.1, -0.05) is 30.3 Å². The Kier molecular flexibility index (Phi) is 4.08. The number of carbonyl (C=O) groups excluding carboxylic acids is 1. The predicted octanol–water partition coefficient (Wildman–Crippen LogP) is 2.00. The standard InChI is InChI=1S/C18H21N3O3/c22-17(15-7-9-19-20-15)21-11-16(18(13-21)8-4-10-24-18)23-12-14-5-2-1-3-6-14/h1-3,5-7,9,16H,4,8,10-13H2,(H,19,20)/t16-,18-/m0/s1. The molecular formula is C18H21N3O3. The van der Waals surface area contributed by atoms with E-state index < -0.39 is 0 Å². The number of benzene rings is 1. The van der Waals surface area contributed by atoms with Crippen LogP contribution in [-0.2, 0) is 16.1 Å². The molecule has 24 heavy (non-hydrogen) atoms. The fourth-order valence-electron chi connectivity index (χ4n) is 3.63. The molecule has 126 valence electrons. The third-order valence-corrected chi connectivity index (χ3v) is 4.88. The van der Waals surface area contributed by atoms with Crippen molar-refractivity contribution in [3.05, 3.63) is 53.9 Å². The van der Waals surface area contributed by atoms with Gasteiger partial charge in [-0.2, -0.15) is 5.10 Å². The highest BCUT2D eigenvalue weighted by Gasteiger charge is 2.52. The predicted molar refractivity (Wildman–Crippen MR) is 87.4 cm³/mol. The molecule has 4 rings (SSSR count). The molecule has 0 bridgehead atoms. The molecule has 2 atom stereocenters. The largest absolute Gasteiger partial charge is 0.370 e. The average Bonchev–Trinajstić information content (AvgIpc) is 3.36. The molecular weight excluding hydrogens is 306 g/mol. The molecule has 1 aromatic heterocycles. The summed E-state index contributed by atoms with van der Waals surface area (Å²) >= 11 is 0. The van der Waals surface area contributed by atoms with Gasteiger partial charge >= 0.3 is 0 Å². The lowest BCUT2D eigenvalue weighted by Gasteiger charge is -2.28. The molecule has 0 unspecified atom stereocenters. The molecule has 2 aliphatic rings. The Bertz CT molecular complexity index is 681. The number of likely N-dealkylation sites (tertiary alicyclic amines) is 1. The molecule has 6 nitrogen and oxygen atoms in total. The van der Waals surface area contributed by atoms with Crippen molar-refractivity contribution in [2.24, 2.45) is 0 Å². The molecule has 1 aromatic carbocycles. The van der Waals surface area contributed by atoms with Crippen molar-refractivity contribution in [3.63, 3.8) is 0 Å². The van der Waals surface area contributed by atoms with Crippen molar-refractivity contribution in [3.8, 4) is 0 Å². The molecule has 0 saturated carbocycles. The van der Waals surface area contributed by atoms with Gasteiger partial charge < -0.3 is 14.4 Å². The number of rotatable bonds is 4. The summed E-state index contributed by atoms with van der Waals surface area (Å²) in [5.41, 5.74) is 1.26. The summed E-state index contributed by atoms with van der Waals surface area (Å²) in [4.78, 5) is 14.4. The Morgan fingerprint density at radius 2 is 2.25 bits per heavy atom. The summed E-state index contributed by atoms with van der Waals surface area (Å²) in [6.07, 6.45) is 3.43. The molecule has 2 fully saturated rings. The van der Waals surface area contributed by atoms with Crippen molar-refractivity contribution in [1.29, 1.82) is 0 Å². The Morgan fingerprint density at radius 1 is 1.38 bits per heavy atom. The van der Waals surface area contributed by atoms with Gasteiger partial charge in [0.2, 0.25) is 0 Å². The van der Waals surface area contributed by atoms with E-state index in [9.17, 15) is 4.79 Å². The lowest BCUT2D eigenvalue weighted by molar-refractivity contribution is -0.0959. The minimum atomic E-state index is -0.371. The minimum absolute atomic E-state index is 0.0480. The van der Waals surface area contributed by atoms with Crippen LogP contribution < -0.4 is 0 Å². The van der Waals surface area contributed by atoms with E-state index in [1.807, 2.05) is 35.2 Å². The second-order valence-electron chi connectivity index (χ2n) is 6.46. The number of carbonyl (C=O) groups is 1. The fraction of sp³-hybridized carbons (Fsp3) is 0.444. The number of nitrogens with one attached hydrogen (secondary N) is 1. The van der Waals surface area contributed by atoms with E-state index in [2.05, 4.69) is 10.2 Å². The second kappa shape index (κ2) is 6.37. The van der Waals surface area contributed by atoms with E-state index in [0.29, 0.717) is 25.4 Å². The maximum Gasteiger partial charge on any atom is 0.272 e. The summed E-state index contributed by atoms with van der Waals surface area (Å²) in [6.45, 7) is 2.38. The molecule has 1 N–H and O–H groups in total. The maximum absolute atomic E-state index is 12.6. The van der Waals surface area contributed by atoms with Gasteiger partial charge in [0.1, 0.15) is 17.4 Å². The van der Waals surface area contributed by atoms with Crippen LogP contribution in [0.1, 0.15) is 28.9 Å². The third-order valence-electron chi connectivity index (χ3n) is 4.88. The van der Waals surface area contributed by atoms with Gasteiger partial charge in [-0.25, -0.2) is 0 Å². The van der Waals surface area contributed by atoms with Crippen molar-refractivity contribution in [2.45, 2.75) is 31.2 Å². The number of aromatic amines is 1. The maximum atomic E-state index is 12.6. The van der Waals surface area contributed by atoms with Crippen LogP contribution in [0.4, 0.5) is 0 Å². The SMILES string of the molecule is O=C(c1ccn[nH]1)N1C[C@H](OCc2ccccc2)[C@]2(CCCO2)C1. The van der Waals surface area contributed by atoms with Crippen LogP contribution in [-0.4, -0.2) is 52.4 Å². The van der Waals surface area contributed by atoms with Crippen molar-refractivity contribution < 1.29 is 14.3 Å². The van der Waals surface area contributed by atoms with Crippen LogP contribution in [0.25, 0.3) is 0 Å². The normalized spacial score (nSPS) is 26.3. The van der Waals surface area contributed by atoms with E-state index >= 15 is 0 Å². The molecule has 6 heteroatoms. The summed E-state index contributed by atoms with van der Waals surface area (Å²) in [7, 11) is 0. The van der Waals surface area contributed by atoms with Crippen LogP contribution in [0.2, 0.25) is 0 Å². The highest BCUT2D eigenvalue weighted by molar-refractivity contribution is 5.92. The van der Waals surface area contributed by atoms with Gasteiger partial charge in [-0.05, 0) is 24.5 Å². The van der Waals surface area contributed by atoms with Gasteiger partial charge in [0.05, 0.1) is 19.7 Å². The van der Waals surface area contributed by atoms with Crippen molar-refractivity contribution >= 4 is 5.91 Å². The first-order valence-corrected chi connectivity index (χ1v) is 8.35. The molecule has 2 aliphatic heterocycles. The van der Waals surface area contributed by atoms with E-state index in [1.165, 1.54) is 0 Å². The van der Waals surface area contributed by atoms with E-state index in [4.69, 9.17) is 9.47 Å². The first kappa shape index (κ1) is 15.4. The summed E-state index contributed by atoms with van der Waals surface area (Å²) < 4.78 is 12.2. The van der Waals surface area contributed by atoms with Crippen LogP contribution >= 0.6 is 0 Å². The number of amides is 1. The fourth-order valence-corrected chi connectivity index (χ4v) is 3.63.